The number of ether oxygens (including phenoxy) is 1. The number of carbonyl (C=O) groups is 1. The number of thiazole rings is 1. The SMILES string of the molecule is O=C(c1cnccn1)N1CC(Oc2nccs2)C1. The lowest BCUT2D eigenvalue weighted by molar-refractivity contribution is 0.0172. The van der Waals surface area contributed by atoms with E-state index in [1.54, 1.807) is 17.3 Å². The van der Waals surface area contributed by atoms with E-state index in [4.69, 9.17) is 4.74 Å². The smallest absolute Gasteiger partial charge is 0.274 e. The van der Waals surface area contributed by atoms with E-state index in [9.17, 15) is 4.79 Å². The monoisotopic (exact) mass is 262 g/mol. The van der Waals surface area contributed by atoms with Crippen molar-refractivity contribution in [3.8, 4) is 5.19 Å². The first kappa shape index (κ1) is 11.1. The second kappa shape index (κ2) is 4.69. The van der Waals surface area contributed by atoms with Gasteiger partial charge in [-0.3, -0.25) is 9.78 Å². The number of nitrogens with zero attached hydrogens (tertiary/aromatic N) is 4. The Morgan fingerprint density at radius 3 is 2.89 bits per heavy atom. The fraction of sp³-hybridized carbons (Fsp3) is 0.273. The van der Waals surface area contributed by atoms with Crippen molar-refractivity contribution < 1.29 is 9.53 Å². The number of rotatable bonds is 3. The molecule has 0 spiro atoms. The molecule has 0 bridgehead atoms. The zero-order chi connectivity index (χ0) is 12.4. The Bertz CT molecular complexity index is 525. The third kappa shape index (κ3) is 2.17. The standard InChI is InChI=1S/C11H10N4O2S/c16-10(9-5-12-1-2-13-9)15-6-8(7-15)17-11-14-3-4-18-11/h1-5,8H,6-7H2. The predicted octanol–water partition coefficient (Wildman–Crippen LogP) is 0.836. The molecule has 1 saturated heterocycles. The normalized spacial score (nSPS) is 15.2. The Kier molecular flexibility index (Phi) is 2.89. The lowest BCUT2D eigenvalue weighted by atomic mass is 10.1. The van der Waals surface area contributed by atoms with Gasteiger partial charge in [-0.1, -0.05) is 11.3 Å². The highest BCUT2D eigenvalue weighted by molar-refractivity contribution is 7.11. The number of likely N-dealkylation sites (tertiary alicyclic amines) is 1. The van der Waals surface area contributed by atoms with Gasteiger partial charge in [0.05, 0.1) is 19.3 Å². The van der Waals surface area contributed by atoms with Crippen molar-refractivity contribution in [2.75, 3.05) is 13.1 Å². The Morgan fingerprint density at radius 2 is 2.22 bits per heavy atom. The first-order valence-electron chi connectivity index (χ1n) is 5.44. The van der Waals surface area contributed by atoms with Crippen LogP contribution in [0.15, 0.2) is 30.2 Å². The third-order valence-electron chi connectivity index (χ3n) is 2.59. The van der Waals surface area contributed by atoms with Gasteiger partial charge < -0.3 is 9.64 Å². The lowest BCUT2D eigenvalue weighted by Gasteiger charge is -2.37. The molecule has 0 saturated carbocycles. The van der Waals surface area contributed by atoms with Crippen molar-refractivity contribution in [1.29, 1.82) is 0 Å². The summed E-state index contributed by atoms with van der Waals surface area (Å²) >= 11 is 1.45. The topological polar surface area (TPSA) is 68.2 Å². The van der Waals surface area contributed by atoms with Crippen LogP contribution in [0.4, 0.5) is 0 Å². The summed E-state index contributed by atoms with van der Waals surface area (Å²) in [4.78, 5) is 25.5. The molecule has 6 nitrogen and oxygen atoms in total. The molecular weight excluding hydrogens is 252 g/mol. The number of amides is 1. The number of aromatic nitrogens is 3. The minimum Gasteiger partial charge on any atom is -0.463 e. The summed E-state index contributed by atoms with van der Waals surface area (Å²) in [6.45, 7) is 1.13. The molecule has 0 unspecified atom stereocenters. The fourth-order valence-corrected chi connectivity index (χ4v) is 2.21. The van der Waals surface area contributed by atoms with Gasteiger partial charge in [-0.05, 0) is 0 Å². The molecule has 0 aliphatic carbocycles. The zero-order valence-corrected chi connectivity index (χ0v) is 10.2. The van der Waals surface area contributed by atoms with Gasteiger partial charge >= 0.3 is 0 Å². The van der Waals surface area contributed by atoms with Crippen LogP contribution in [-0.2, 0) is 0 Å². The van der Waals surface area contributed by atoms with Crippen molar-refractivity contribution in [3.05, 3.63) is 35.9 Å². The fourth-order valence-electron chi connectivity index (χ4n) is 1.66. The van der Waals surface area contributed by atoms with Crippen LogP contribution >= 0.6 is 11.3 Å². The van der Waals surface area contributed by atoms with Crippen LogP contribution < -0.4 is 4.74 Å². The van der Waals surface area contributed by atoms with Gasteiger partial charge in [0.15, 0.2) is 0 Å². The van der Waals surface area contributed by atoms with Crippen LogP contribution in [0.25, 0.3) is 0 Å². The highest BCUT2D eigenvalue weighted by atomic mass is 32.1. The second-order valence-corrected chi connectivity index (χ2v) is 4.70. The van der Waals surface area contributed by atoms with Crippen molar-refractivity contribution in [2.24, 2.45) is 0 Å². The maximum absolute atomic E-state index is 11.9. The van der Waals surface area contributed by atoms with E-state index in [0.717, 1.165) is 0 Å². The summed E-state index contributed by atoms with van der Waals surface area (Å²) in [5.41, 5.74) is 0.366. The quantitative estimate of drug-likeness (QED) is 0.819. The lowest BCUT2D eigenvalue weighted by Crippen LogP contribution is -2.56. The Balaban J connectivity index is 1.55. The molecule has 3 heterocycles. The summed E-state index contributed by atoms with van der Waals surface area (Å²) in [7, 11) is 0. The van der Waals surface area contributed by atoms with Gasteiger partial charge in [0.2, 0.25) is 0 Å². The minimum atomic E-state index is -0.109. The van der Waals surface area contributed by atoms with E-state index < -0.39 is 0 Å². The van der Waals surface area contributed by atoms with Crippen LogP contribution in [0.1, 0.15) is 10.5 Å². The average Bonchev–Trinajstić information content (AvgIpc) is 2.86. The number of hydrogen-bond acceptors (Lipinski definition) is 6. The maximum Gasteiger partial charge on any atom is 0.274 e. The molecular formula is C11H10N4O2S. The molecule has 2 aromatic rings. The van der Waals surface area contributed by atoms with E-state index in [2.05, 4.69) is 15.0 Å². The van der Waals surface area contributed by atoms with E-state index >= 15 is 0 Å². The van der Waals surface area contributed by atoms with Crippen LogP contribution in [0.3, 0.4) is 0 Å². The zero-order valence-electron chi connectivity index (χ0n) is 9.39. The number of carbonyl (C=O) groups excluding carboxylic acids is 1. The molecule has 1 amide bonds. The van der Waals surface area contributed by atoms with Crippen molar-refractivity contribution >= 4 is 17.2 Å². The van der Waals surface area contributed by atoms with Gasteiger partial charge in [0.1, 0.15) is 11.8 Å². The van der Waals surface area contributed by atoms with Crippen molar-refractivity contribution in [1.82, 2.24) is 19.9 Å². The molecule has 0 aromatic carbocycles. The Morgan fingerprint density at radius 1 is 1.33 bits per heavy atom. The van der Waals surface area contributed by atoms with E-state index in [0.29, 0.717) is 24.0 Å². The van der Waals surface area contributed by atoms with Crippen LogP contribution in [0.5, 0.6) is 5.19 Å². The van der Waals surface area contributed by atoms with E-state index in [1.165, 1.54) is 23.7 Å². The predicted molar refractivity (Wildman–Crippen MR) is 64.5 cm³/mol. The van der Waals surface area contributed by atoms with E-state index in [1.807, 2.05) is 5.38 Å². The molecule has 0 radical (unpaired) electrons. The molecule has 1 aliphatic rings. The molecule has 1 fully saturated rings. The summed E-state index contributed by atoms with van der Waals surface area (Å²) in [6, 6.07) is 0. The first-order chi connectivity index (χ1) is 8.83. The highest BCUT2D eigenvalue weighted by Gasteiger charge is 2.33. The first-order valence-corrected chi connectivity index (χ1v) is 6.32. The van der Waals surface area contributed by atoms with Crippen LogP contribution in [0, 0.1) is 0 Å². The molecule has 2 aromatic heterocycles. The molecule has 18 heavy (non-hydrogen) atoms. The summed E-state index contributed by atoms with van der Waals surface area (Å²) in [5.74, 6) is -0.109. The van der Waals surface area contributed by atoms with Crippen LogP contribution in [-0.4, -0.2) is 45.0 Å². The highest BCUT2D eigenvalue weighted by Crippen LogP contribution is 2.20. The molecule has 1 aliphatic heterocycles. The van der Waals surface area contributed by atoms with Gasteiger partial charge in [0, 0.05) is 24.0 Å². The van der Waals surface area contributed by atoms with Crippen molar-refractivity contribution in [2.45, 2.75) is 6.10 Å². The Labute approximate surface area is 107 Å². The molecule has 3 rings (SSSR count). The van der Waals surface area contributed by atoms with Gasteiger partial charge in [0.25, 0.3) is 11.1 Å². The largest absolute Gasteiger partial charge is 0.463 e. The summed E-state index contributed by atoms with van der Waals surface area (Å²) in [6.07, 6.45) is 6.24. The maximum atomic E-state index is 11.9. The van der Waals surface area contributed by atoms with Crippen molar-refractivity contribution in [3.63, 3.8) is 0 Å². The van der Waals surface area contributed by atoms with Crippen LogP contribution in [0.2, 0.25) is 0 Å². The third-order valence-corrected chi connectivity index (χ3v) is 3.26. The molecule has 0 N–H and O–H groups in total. The second-order valence-electron chi connectivity index (χ2n) is 3.84. The summed E-state index contributed by atoms with van der Waals surface area (Å²) < 4.78 is 5.58. The van der Waals surface area contributed by atoms with Gasteiger partial charge in [-0.25, -0.2) is 9.97 Å². The molecule has 92 valence electrons. The number of hydrogen-bond donors (Lipinski definition) is 0. The summed E-state index contributed by atoms with van der Waals surface area (Å²) in [5, 5.41) is 2.50. The van der Waals surface area contributed by atoms with Gasteiger partial charge in [-0.2, -0.15) is 0 Å². The van der Waals surface area contributed by atoms with E-state index in [-0.39, 0.29) is 12.0 Å². The molecule has 0 atom stereocenters. The van der Waals surface area contributed by atoms with Gasteiger partial charge in [-0.15, -0.1) is 0 Å². The molecule has 7 heteroatoms. The average molecular weight is 262 g/mol. The minimum absolute atomic E-state index is 0.0248. The Hall–Kier alpha value is -2.02.